The molecule has 0 atom stereocenters. The van der Waals surface area contributed by atoms with E-state index in [4.69, 9.17) is 4.74 Å². The van der Waals surface area contributed by atoms with Crippen LogP contribution in [-0.2, 0) is 0 Å². The molecule has 6 heteroatoms. The predicted molar refractivity (Wildman–Crippen MR) is 84.3 cm³/mol. The maximum absolute atomic E-state index is 5.59. The molecule has 0 aliphatic heterocycles. The Balaban J connectivity index is 2.22. The average molecular weight is 287 g/mol. The van der Waals surface area contributed by atoms with Crippen LogP contribution in [0.3, 0.4) is 0 Å². The Kier molecular flexibility index (Phi) is 5.31. The predicted octanol–water partition coefficient (Wildman–Crippen LogP) is 2.86. The molecule has 1 heterocycles. The zero-order valence-corrected chi connectivity index (χ0v) is 12.7. The highest BCUT2D eigenvalue weighted by Crippen LogP contribution is 2.26. The summed E-state index contributed by atoms with van der Waals surface area (Å²) >= 11 is 0. The van der Waals surface area contributed by atoms with Gasteiger partial charge < -0.3 is 15.0 Å². The molecule has 21 heavy (non-hydrogen) atoms. The fourth-order valence-electron chi connectivity index (χ4n) is 1.98. The molecule has 1 aromatic carbocycles. The molecule has 2 rings (SSSR count). The molecule has 112 valence electrons. The van der Waals surface area contributed by atoms with Crippen molar-refractivity contribution < 1.29 is 4.74 Å². The van der Waals surface area contributed by atoms with Gasteiger partial charge in [0.15, 0.2) is 5.82 Å². The highest BCUT2D eigenvalue weighted by molar-refractivity contribution is 5.64. The van der Waals surface area contributed by atoms with E-state index in [0.717, 1.165) is 24.5 Å². The molecule has 2 aromatic rings. The maximum atomic E-state index is 5.59. The van der Waals surface area contributed by atoms with E-state index < -0.39 is 0 Å². The first-order valence-corrected chi connectivity index (χ1v) is 7.22. The van der Waals surface area contributed by atoms with Crippen molar-refractivity contribution in [3.8, 4) is 5.75 Å². The van der Waals surface area contributed by atoms with Gasteiger partial charge in [-0.1, -0.05) is 12.1 Å². The lowest BCUT2D eigenvalue weighted by Gasteiger charge is -2.18. The molecule has 0 aliphatic rings. The number of ether oxygens (including phenoxy) is 1. The van der Waals surface area contributed by atoms with Gasteiger partial charge >= 0.3 is 0 Å². The Morgan fingerprint density at radius 1 is 1.14 bits per heavy atom. The molecule has 1 aromatic heterocycles. The van der Waals surface area contributed by atoms with Crippen molar-refractivity contribution >= 4 is 17.5 Å². The molecule has 6 nitrogen and oxygen atoms in total. The van der Waals surface area contributed by atoms with Gasteiger partial charge in [0.1, 0.15) is 5.75 Å². The van der Waals surface area contributed by atoms with Crippen molar-refractivity contribution in [2.45, 2.75) is 20.8 Å². The number of anilines is 3. The van der Waals surface area contributed by atoms with Crippen LogP contribution in [0.1, 0.15) is 20.8 Å². The maximum Gasteiger partial charge on any atom is 0.247 e. The van der Waals surface area contributed by atoms with Gasteiger partial charge in [0.05, 0.1) is 18.5 Å². The Morgan fingerprint density at radius 2 is 1.90 bits per heavy atom. The van der Waals surface area contributed by atoms with E-state index in [-0.39, 0.29) is 0 Å². The third-order valence-electron chi connectivity index (χ3n) is 3.04. The van der Waals surface area contributed by atoms with Gasteiger partial charge in [0.2, 0.25) is 5.95 Å². The van der Waals surface area contributed by atoms with Gasteiger partial charge in [0, 0.05) is 13.1 Å². The molecule has 0 saturated heterocycles. The lowest BCUT2D eigenvalue weighted by atomic mass is 10.3. The molecular formula is C15H21N5O. The number of hydrogen-bond donors (Lipinski definition) is 1. The Hall–Kier alpha value is -2.37. The van der Waals surface area contributed by atoms with Crippen molar-refractivity contribution in [1.29, 1.82) is 0 Å². The molecule has 0 unspecified atom stereocenters. The summed E-state index contributed by atoms with van der Waals surface area (Å²) in [6.45, 7) is 8.40. The van der Waals surface area contributed by atoms with E-state index in [1.54, 1.807) is 6.20 Å². The molecule has 0 amide bonds. The zero-order valence-electron chi connectivity index (χ0n) is 12.7. The van der Waals surface area contributed by atoms with Gasteiger partial charge in [-0.3, -0.25) is 0 Å². The number of benzene rings is 1. The van der Waals surface area contributed by atoms with Crippen LogP contribution in [0, 0.1) is 0 Å². The minimum atomic E-state index is 0.616. The number of nitrogens with one attached hydrogen (secondary N) is 1. The van der Waals surface area contributed by atoms with E-state index in [0.29, 0.717) is 18.4 Å². The molecule has 0 spiro atoms. The minimum absolute atomic E-state index is 0.616. The van der Waals surface area contributed by atoms with Gasteiger partial charge in [-0.05, 0) is 32.9 Å². The summed E-state index contributed by atoms with van der Waals surface area (Å²) in [4.78, 5) is 6.55. The molecule has 1 N–H and O–H groups in total. The van der Waals surface area contributed by atoms with Crippen LogP contribution in [0.4, 0.5) is 17.5 Å². The fraction of sp³-hybridized carbons (Fsp3) is 0.400. The first-order valence-electron chi connectivity index (χ1n) is 7.22. The molecular weight excluding hydrogens is 266 g/mol. The number of nitrogens with zero attached hydrogens (tertiary/aromatic N) is 4. The smallest absolute Gasteiger partial charge is 0.247 e. The number of aromatic nitrogens is 3. The summed E-state index contributed by atoms with van der Waals surface area (Å²) in [6, 6.07) is 7.76. The summed E-state index contributed by atoms with van der Waals surface area (Å²) in [6.07, 6.45) is 1.61. The van der Waals surface area contributed by atoms with Gasteiger partial charge in [-0.25, -0.2) is 0 Å². The molecule has 0 radical (unpaired) electrons. The Labute approximate surface area is 125 Å². The molecule has 0 aliphatic carbocycles. The molecule has 0 bridgehead atoms. The lowest BCUT2D eigenvalue weighted by Crippen LogP contribution is -2.24. The van der Waals surface area contributed by atoms with Crippen LogP contribution in [0.2, 0.25) is 0 Å². The van der Waals surface area contributed by atoms with E-state index in [2.05, 4.69) is 34.3 Å². The Morgan fingerprint density at radius 3 is 2.62 bits per heavy atom. The van der Waals surface area contributed by atoms with Crippen molar-refractivity contribution in [3.05, 3.63) is 30.5 Å². The highest BCUT2D eigenvalue weighted by Gasteiger charge is 2.09. The van der Waals surface area contributed by atoms with Crippen LogP contribution in [0.15, 0.2) is 30.5 Å². The van der Waals surface area contributed by atoms with Gasteiger partial charge in [0.25, 0.3) is 0 Å². The zero-order chi connectivity index (χ0) is 15.1. The minimum Gasteiger partial charge on any atom is -0.492 e. The average Bonchev–Trinajstić information content (AvgIpc) is 2.51. The summed E-state index contributed by atoms with van der Waals surface area (Å²) in [5, 5.41) is 11.3. The van der Waals surface area contributed by atoms with E-state index in [1.165, 1.54) is 0 Å². The van der Waals surface area contributed by atoms with E-state index in [1.807, 2.05) is 36.1 Å². The second kappa shape index (κ2) is 7.42. The topological polar surface area (TPSA) is 63.2 Å². The van der Waals surface area contributed by atoms with Crippen molar-refractivity contribution in [2.75, 3.05) is 29.9 Å². The Bertz CT molecular complexity index is 571. The quantitative estimate of drug-likeness (QED) is 0.845. The largest absolute Gasteiger partial charge is 0.492 e. The van der Waals surface area contributed by atoms with Crippen molar-refractivity contribution in [1.82, 2.24) is 15.2 Å². The number of rotatable bonds is 7. The standard InChI is InChI=1S/C15H21N5O/c1-4-20(5-2)15-18-14(11-16-19-15)17-12-9-7-8-10-13(12)21-6-3/h7-11H,4-6H2,1-3H3,(H,17,18,19). The lowest BCUT2D eigenvalue weighted by molar-refractivity contribution is 0.342. The SMILES string of the molecule is CCOc1ccccc1Nc1cnnc(N(CC)CC)n1. The van der Waals surface area contributed by atoms with E-state index >= 15 is 0 Å². The van der Waals surface area contributed by atoms with Crippen LogP contribution in [-0.4, -0.2) is 34.9 Å². The van der Waals surface area contributed by atoms with Crippen LogP contribution in [0.25, 0.3) is 0 Å². The van der Waals surface area contributed by atoms with Crippen molar-refractivity contribution in [2.24, 2.45) is 0 Å². The van der Waals surface area contributed by atoms with E-state index in [9.17, 15) is 0 Å². The van der Waals surface area contributed by atoms with Crippen molar-refractivity contribution in [3.63, 3.8) is 0 Å². The monoisotopic (exact) mass is 287 g/mol. The first-order chi connectivity index (χ1) is 10.3. The summed E-state index contributed by atoms with van der Waals surface area (Å²) < 4.78 is 5.59. The molecule has 0 saturated carbocycles. The second-order valence-corrected chi connectivity index (χ2v) is 4.37. The van der Waals surface area contributed by atoms with Crippen LogP contribution >= 0.6 is 0 Å². The number of hydrogen-bond acceptors (Lipinski definition) is 6. The molecule has 0 fully saturated rings. The second-order valence-electron chi connectivity index (χ2n) is 4.37. The third kappa shape index (κ3) is 3.81. The van der Waals surface area contributed by atoms with Gasteiger partial charge in [-0.2, -0.15) is 10.1 Å². The first kappa shape index (κ1) is 15.0. The van der Waals surface area contributed by atoms with Gasteiger partial charge in [-0.15, -0.1) is 5.10 Å². The number of para-hydroxylation sites is 2. The summed E-state index contributed by atoms with van der Waals surface area (Å²) in [5.74, 6) is 2.07. The van der Waals surface area contributed by atoms with Crippen LogP contribution < -0.4 is 15.0 Å². The summed E-state index contributed by atoms with van der Waals surface area (Å²) in [5.41, 5.74) is 0.866. The normalized spacial score (nSPS) is 10.2. The fourth-order valence-corrected chi connectivity index (χ4v) is 1.98. The van der Waals surface area contributed by atoms with Crippen LogP contribution in [0.5, 0.6) is 5.75 Å². The highest BCUT2D eigenvalue weighted by atomic mass is 16.5. The summed E-state index contributed by atoms with van der Waals surface area (Å²) in [7, 11) is 0. The third-order valence-corrected chi connectivity index (χ3v) is 3.04.